The van der Waals surface area contributed by atoms with Crippen LogP contribution in [0.25, 0.3) is 0 Å². The van der Waals surface area contributed by atoms with E-state index in [2.05, 4.69) is 10.1 Å². The lowest BCUT2D eigenvalue weighted by Gasteiger charge is -2.12. The van der Waals surface area contributed by atoms with Crippen molar-refractivity contribution < 1.29 is 9.84 Å². The minimum absolute atomic E-state index is 0.291. The lowest BCUT2D eigenvalue weighted by atomic mass is 10.1. The lowest BCUT2D eigenvalue weighted by Crippen LogP contribution is -2.33. The summed E-state index contributed by atoms with van der Waals surface area (Å²) < 4.78 is 6.45. The molecule has 21 heavy (non-hydrogen) atoms. The summed E-state index contributed by atoms with van der Waals surface area (Å²) in [5.41, 5.74) is -0.905. The van der Waals surface area contributed by atoms with Crippen LogP contribution in [0.4, 0.5) is 0 Å². The number of aliphatic hydroxyl groups is 1. The molecule has 0 bridgehead atoms. The fourth-order valence-corrected chi connectivity index (χ4v) is 2.57. The number of hydrogen-bond donors (Lipinski definition) is 2. The summed E-state index contributed by atoms with van der Waals surface area (Å²) in [4.78, 5) is 26.0. The maximum atomic E-state index is 11.2. The van der Waals surface area contributed by atoms with E-state index in [-0.39, 0.29) is 0 Å². The van der Waals surface area contributed by atoms with Gasteiger partial charge in [0.25, 0.3) is 0 Å². The van der Waals surface area contributed by atoms with Gasteiger partial charge in [0, 0.05) is 12.8 Å². The molecule has 1 aromatic carbocycles. The molecule has 2 N–H and O–H groups in total. The van der Waals surface area contributed by atoms with E-state index >= 15 is 0 Å². The molecule has 0 amide bonds. The molecule has 0 saturated carbocycles. The van der Waals surface area contributed by atoms with Crippen molar-refractivity contribution in [2.75, 3.05) is 12.9 Å². The Balaban J connectivity index is 2.10. The summed E-state index contributed by atoms with van der Waals surface area (Å²) >= 11 is 1.18. The Hall–Kier alpha value is -2.06. The number of hydrogen-bond acceptors (Lipinski definition) is 6. The Morgan fingerprint density at radius 1 is 1.48 bits per heavy atom. The summed E-state index contributed by atoms with van der Waals surface area (Å²) in [6.45, 7) is 0. The van der Waals surface area contributed by atoms with Gasteiger partial charge < -0.3 is 9.84 Å². The molecule has 0 fully saturated rings. The van der Waals surface area contributed by atoms with Crippen LogP contribution in [0.15, 0.2) is 39.0 Å². The second-order valence-corrected chi connectivity index (χ2v) is 5.29. The van der Waals surface area contributed by atoms with Gasteiger partial charge in [-0.25, -0.2) is 0 Å². The smallest absolute Gasteiger partial charge is 0.339 e. The van der Waals surface area contributed by atoms with Crippen LogP contribution in [0.2, 0.25) is 0 Å². The van der Waals surface area contributed by atoms with E-state index in [0.29, 0.717) is 22.2 Å². The number of rotatable bonds is 5. The van der Waals surface area contributed by atoms with Crippen LogP contribution in [0.1, 0.15) is 11.7 Å². The van der Waals surface area contributed by atoms with Gasteiger partial charge in [-0.1, -0.05) is 23.9 Å². The number of methoxy groups -OCH3 is 1. The van der Waals surface area contributed by atoms with E-state index < -0.39 is 17.2 Å². The first-order chi connectivity index (χ1) is 10.0. The number of aromatic nitrogens is 3. The van der Waals surface area contributed by atoms with Crippen molar-refractivity contribution in [3.63, 3.8) is 0 Å². The monoisotopic (exact) mass is 309 g/mol. The van der Waals surface area contributed by atoms with Crippen LogP contribution < -0.4 is 15.9 Å². The number of ether oxygens (including phenoxy) is 1. The molecule has 0 aliphatic heterocycles. The molecule has 2 rings (SSSR count). The van der Waals surface area contributed by atoms with Crippen molar-refractivity contribution in [2.45, 2.75) is 11.3 Å². The minimum Gasteiger partial charge on any atom is -0.497 e. The maximum Gasteiger partial charge on any atom is 0.339 e. The topological polar surface area (TPSA) is 97.2 Å². The van der Waals surface area contributed by atoms with Crippen molar-refractivity contribution in [3.05, 3.63) is 50.5 Å². The first kappa shape index (κ1) is 15.3. The Bertz CT molecular complexity index is 741. The zero-order valence-electron chi connectivity index (χ0n) is 11.6. The standard InChI is InChI=1S/C13H15N3O4S/c1-16-13(14-11(18)12(19)15-16)21-7-10(17)8-4-3-5-9(6-8)20-2/h3-6,10,17H,7H2,1-2H3,(H,15,19). The normalized spacial score (nSPS) is 12.1. The second kappa shape index (κ2) is 6.59. The maximum absolute atomic E-state index is 11.2. The third kappa shape index (κ3) is 3.73. The summed E-state index contributed by atoms with van der Waals surface area (Å²) in [5.74, 6) is 0.950. The van der Waals surface area contributed by atoms with E-state index in [0.717, 1.165) is 0 Å². The first-order valence-electron chi connectivity index (χ1n) is 6.13. The van der Waals surface area contributed by atoms with E-state index in [4.69, 9.17) is 4.74 Å². The van der Waals surface area contributed by atoms with E-state index in [1.54, 1.807) is 38.4 Å². The van der Waals surface area contributed by atoms with Crippen LogP contribution >= 0.6 is 11.8 Å². The van der Waals surface area contributed by atoms with Gasteiger partial charge in [0.15, 0.2) is 5.16 Å². The molecular weight excluding hydrogens is 294 g/mol. The molecule has 2 aromatic rings. The van der Waals surface area contributed by atoms with Gasteiger partial charge in [0.1, 0.15) is 5.75 Å². The number of thioether (sulfide) groups is 1. The number of aromatic amines is 1. The van der Waals surface area contributed by atoms with Crippen molar-refractivity contribution in [3.8, 4) is 5.75 Å². The fourth-order valence-electron chi connectivity index (χ4n) is 1.69. The SMILES string of the molecule is COc1cccc(C(O)CSc2nc(=O)c(=O)[nH]n2C)c1. The Morgan fingerprint density at radius 3 is 2.95 bits per heavy atom. The highest BCUT2D eigenvalue weighted by Crippen LogP contribution is 2.24. The predicted octanol–water partition coefficient (Wildman–Crippen LogP) is 0.303. The van der Waals surface area contributed by atoms with Gasteiger partial charge in [-0.05, 0) is 17.7 Å². The van der Waals surface area contributed by atoms with Gasteiger partial charge in [-0.3, -0.25) is 19.4 Å². The predicted molar refractivity (Wildman–Crippen MR) is 78.8 cm³/mol. The zero-order valence-corrected chi connectivity index (χ0v) is 12.4. The molecule has 0 spiro atoms. The molecule has 1 aromatic heterocycles. The van der Waals surface area contributed by atoms with E-state index in [9.17, 15) is 14.7 Å². The van der Waals surface area contributed by atoms with Crippen LogP contribution in [0.3, 0.4) is 0 Å². The van der Waals surface area contributed by atoms with Gasteiger partial charge in [0.2, 0.25) is 0 Å². The van der Waals surface area contributed by atoms with Crippen LogP contribution in [-0.2, 0) is 7.05 Å². The van der Waals surface area contributed by atoms with Crippen LogP contribution in [-0.4, -0.2) is 32.7 Å². The number of nitrogens with zero attached hydrogens (tertiary/aromatic N) is 2. The molecule has 0 aliphatic rings. The van der Waals surface area contributed by atoms with E-state index in [1.807, 2.05) is 0 Å². The number of aliphatic hydroxyl groups excluding tert-OH is 1. The third-order valence-corrected chi connectivity index (χ3v) is 3.90. The largest absolute Gasteiger partial charge is 0.497 e. The molecule has 8 heteroatoms. The molecule has 1 unspecified atom stereocenters. The van der Waals surface area contributed by atoms with Gasteiger partial charge in [-0.2, -0.15) is 4.98 Å². The highest BCUT2D eigenvalue weighted by molar-refractivity contribution is 7.99. The van der Waals surface area contributed by atoms with Crippen molar-refractivity contribution >= 4 is 11.8 Å². The van der Waals surface area contributed by atoms with Crippen molar-refractivity contribution in [1.82, 2.24) is 14.8 Å². The number of aryl methyl sites for hydroxylation is 1. The van der Waals surface area contributed by atoms with Crippen molar-refractivity contribution in [2.24, 2.45) is 7.05 Å². The van der Waals surface area contributed by atoms with Gasteiger partial charge >= 0.3 is 11.1 Å². The van der Waals surface area contributed by atoms with E-state index in [1.165, 1.54) is 16.4 Å². The average Bonchev–Trinajstić information content (AvgIpc) is 2.49. The second-order valence-electron chi connectivity index (χ2n) is 4.30. The van der Waals surface area contributed by atoms with Gasteiger partial charge in [-0.15, -0.1) is 0 Å². The molecule has 7 nitrogen and oxygen atoms in total. The van der Waals surface area contributed by atoms with Crippen molar-refractivity contribution in [1.29, 1.82) is 0 Å². The summed E-state index contributed by atoms with van der Waals surface area (Å²) in [6.07, 6.45) is -0.742. The first-order valence-corrected chi connectivity index (χ1v) is 7.12. The summed E-state index contributed by atoms with van der Waals surface area (Å²) in [7, 11) is 3.13. The Labute approximate surface area is 124 Å². The summed E-state index contributed by atoms with van der Waals surface area (Å²) in [5, 5.41) is 12.8. The third-order valence-electron chi connectivity index (χ3n) is 2.80. The highest BCUT2D eigenvalue weighted by atomic mass is 32.2. The fraction of sp³-hybridized carbons (Fsp3) is 0.308. The lowest BCUT2D eigenvalue weighted by molar-refractivity contribution is 0.203. The minimum atomic E-state index is -0.841. The molecule has 0 saturated heterocycles. The van der Waals surface area contributed by atoms with Crippen LogP contribution in [0.5, 0.6) is 5.75 Å². The molecule has 0 aliphatic carbocycles. The van der Waals surface area contributed by atoms with Gasteiger partial charge in [0.05, 0.1) is 13.2 Å². The zero-order chi connectivity index (χ0) is 15.4. The quantitative estimate of drug-likeness (QED) is 0.609. The number of nitrogens with one attached hydrogen (secondary N) is 1. The number of H-pyrrole nitrogens is 1. The molecule has 0 radical (unpaired) electrons. The highest BCUT2D eigenvalue weighted by Gasteiger charge is 2.12. The average molecular weight is 309 g/mol. The molecule has 1 atom stereocenters. The molecular formula is C13H15N3O4S. The Morgan fingerprint density at radius 2 is 2.24 bits per heavy atom. The Kier molecular flexibility index (Phi) is 4.81. The van der Waals surface area contributed by atoms with Crippen LogP contribution in [0, 0.1) is 0 Å². The summed E-state index contributed by atoms with van der Waals surface area (Å²) in [6, 6.07) is 7.10. The molecule has 112 valence electrons. The molecule has 1 heterocycles. The number of benzene rings is 1.